The molecule has 0 aromatic heterocycles. The highest BCUT2D eigenvalue weighted by Gasteiger charge is 2.39. The Morgan fingerprint density at radius 2 is 1.79 bits per heavy atom. The fourth-order valence-electron chi connectivity index (χ4n) is 4.88. The molecule has 5 rings (SSSR count). The first-order chi connectivity index (χ1) is 18.4. The van der Waals surface area contributed by atoms with Gasteiger partial charge in [-0.2, -0.15) is 0 Å². The van der Waals surface area contributed by atoms with Gasteiger partial charge < -0.3 is 25.0 Å². The lowest BCUT2D eigenvalue weighted by Gasteiger charge is -2.42. The molecule has 0 spiro atoms. The van der Waals surface area contributed by atoms with Crippen LogP contribution in [0.3, 0.4) is 0 Å². The summed E-state index contributed by atoms with van der Waals surface area (Å²) in [4.78, 5) is 40.1. The first-order valence-electron chi connectivity index (χ1n) is 12.5. The van der Waals surface area contributed by atoms with E-state index in [1.807, 2.05) is 30.3 Å². The minimum atomic E-state index is -0.510. The van der Waals surface area contributed by atoms with E-state index in [0.717, 1.165) is 11.8 Å². The largest absolute Gasteiger partial charge is 0.490 e. The first kappa shape index (κ1) is 25.4. The van der Waals surface area contributed by atoms with Gasteiger partial charge in [0, 0.05) is 24.0 Å². The summed E-state index contributed by atoms with van der Waals surface area (Å²) in [5.41, 5.74) is 1.61. The van der Waals surface area contributed by atoms with Crippen molar-refractivity contribution in [1.82, 2.24) is 4.90 Å². The number of hydrogen-bond acceptors (Lipinski definition) is 5. The van der Waals surface area contributed by atoms with Crippen LogP contribution >= 0.6 is 0 Å². The van der Waals surface area contributed by atoms with Gasteiger partial charge in [-0.05, 0) is 61.4 Å². The number of halogens is 1. The number of ether oxygens (including phenoxy) is 2. The smallest absolute Gasteiger partial charge is 0.257 e. The summed E-state index contributed by atoms with van der Waals surface area (Å²) in [5.74, 6) is -1.02. The van der Waals surface area contributed by atoms with Gasteiger partial charge in [-0.3, -0.25) is 14.4 Å². The molecule has 196 valence electrons. The Morgan fingerprint density at radius 3 is 2.58 bits per heavy atom. The van der Waals surface area contributed by atoms with Crippen LogP contribution in [0.1, 0.15) is 40.0 Å². The summed E-state index contributed by atoms with van der Waals surface area (Å²) in [6, 6.07) is 19.2. The Bertz CT molecular complexity index is 1350. The summed E-state index contributed by atoms with van der Waals surface area (Å²) < 4.78 is 25.7. The second-order valence-electron chi connectivity index (χ2n) is 9.46. The monoisotopic (exact) mass is 517 g/mol. The molecule has 0 radical (unpaired) electrons. The Labute approximate surface area is 219 Å². The van der Waals surface area contributed by atoms with E-state index in [2.05, 4.69) is 10.6 Å². The third-order valence-corrected chi connectivity index (χ3v) is 6.83. The summed E-state index contributed by atoms with van der Waals surface area (Å²) in [6.45, 7) is 0.209. The average Bonchev–Trinajstić information content (AvgIpc) is 2.91. The number of carbonyl (C=O) groups excluding carboxylic acids is 3. The molecule has 2 N–H and O–H groups in total. The van der Waals surface area contributed by atoms with Crippen molar-refractivity contribution in [1.29, 1.82) is 0 Å². The fourth-order valence-corrected chi connectivity index (χ4v) is 4.88. The molecule has 3 aromatic rings. The zero-order valence-corrected chi connectivity index (χ0v) is 20.9. The highest BCUT2D eigenvalue weighted by atomic mass is 19.1. The van der Waals surface area contributed by atoms with Crippen LogP contribution < -0.4 is 15.4 Å². The molecular weight excluding hydrogens is 489 g/mol. The SMILES string of the molecule is CN1C(=O)c2cc(NC(=O)c3cccc(F)c3)ccc2OC[C@H]2O[C@@H](CC(=O)Nc3ccccc3)CC[C@H]21. The molecule has 3 atom stereocenters. The molecule has 1 saturated heterocycles. The lowest BCUT2D eigenvalue weighted by Crippen LogP contribution is -2.53. The quantitative estimate of drug-likeness (QED) is 0.520. The number of nitrogens with zero attached hydrogens (tertiary/aromatic N) is 1. The lowest BCUT2D eigenvalue weighted by atomic mass is 9.94. The van der Waals surface area contributed by atoms with Crippen LogP contribution in [-0.4, -0.2) is 54.5 Å². The van der Waals surface area contributed by atoms with E-state index in [1.54, 1.807) is 30.1 Å². The molecule has 2 aliphatic rings. The Morgan fingerprint density at radius 1 is 0.974 bits per heavy atom. The zero-order chi connectivity index (χ0) is 26.6. The van der Waals surface area contributed by atoms with E-state index in [4.69, 9.17) is 9.47 Å². The van der Waals surface area contributed by atoms with Crippen LogP contribution in [0, 0.1) is 5.82 Å². The summed E-state index contributed by atoms with van der Waals surface area (Å²) in [6.07, 6.45) is 0.808. The van der Waals surface area contributed by atoms with Crippen LogP contribution in [0.5, 0.6) is 5.75 Å². The molecular formula is C29H28FN3O5. The minimum absolute atomic E-state index is 0.131. The molecule has 0 aliphatic carbocycles. The maximum Gasteiger partial charge on any atom is 0.257 e. The van der Waals surface area contributed by atoms with Crippen molar-refractivity contribution in [3.63, 3.8) is 0 Å². The maximum atomic E-state index is 13.5. The number of rotatable bonds is 5. The normalized spacial score (nSPS) is 20.7. The molecule has 0 saturated carbocycles. The van der Waals surface area contributed by atoms with Gasteiger partial charge in [-0.15, -0.1) is 0 Å². The van der Waals surface area contributed by atoms with Gasteiger partial charge in [0.15, 0.2) is 0 Å². The predicted molar refractivity (Wildman–Crippen MR) is 140 cm³/mol. The number of amides is 3. The lowest BCUT2D eigenvalue weighted by molar-refractivity contribution is -0.130. The molecule has 2 aliphatic heterocycles. The zero-order valence-electron chi connectivity index (χ0n) is 20.9. The van der Waals surface area contributed by atoms with E-state index >= 15 is 0 Å². The Balaban J connectivity index is 1.26. The van der Waals surface area contributed by atoms with E-state index < -0.39 is 17.8 Å². The Kier molecular flexibility index (Phi) is 7.37. The first-order valence-corrected chi connectivity index (χ1v) is 12.5. The summed E-state index contributed by atoms with van der Waals surface area (Å²) in [7, 11) is 1.72. The van der Waals surface area contributed by atoms with Crippen molar-refractivity contribution >= 4 is 29.1 Å². The van der Waals surface area contributed by atoms with Crippen LogP contribution in [0.25, 0.3) is 0 Å². The topological polar surface area (TPSA) is 97.0 Å². The number of benzene rings is 3. The second kappa shape index (κ2) is 11.0. The van der Waals surface area contributed by atoms with Crippen molar-refractivity contribution in [2.75, 3.05) is 24.3 Å². The van der Waals surface area contributed by atoms with E-state index in [0.29, 0.717) is 29.8 Å². The van der Waals surface area contributed by atoms with Crippen LogP contribution in [0.2, 0.25) is 0 Å². The molecule has 0 unspecified atom stereocenters. The molecule has 9 heteroatoms. The number of fused-ring (bicyclic) bond motifs is 2. The fraction of sp³-hybridized carbons (Fsp3) is 0.276. The molecule has 1 fully saturated rings. The van der Waals surface area contributed by atoms with Crippen LogP contribution in [0.4, 0.5) is 15.8 Å². The van der Waals surface area contributed by atoms with E-state index in [-0.39, 0.29) is 42.6 Å². The predicted octanol–water partition coefficient (Wildman–Crippen LogP) is 4.49. The molecule has 3 amide bonds. The maximum absolute atomic E-state index is 13.5. The number of hydrogen-bond donors (Lipinski definition) is 2. The van der Waals surface area contributed by atoms with Crippen molar-refractivity contribution in [2.45, 2.75) is 37.5 Å². The minimum Gasteiger partial charge on any atom is -0.490 e. The number of likely N-dealkylation sites (N-methyl/N-ethyl adjacent to an activating group) is 1. The third-order valence-electron chi connectivity index (χ3n) is 6.83. The van der Waals surface area contributed by atoms with Gasteiger partial charge in [0.2, 0.25) is 5.91 Å². The van der Waals surface area contributed by atoms with Crippen LogP contribution in [-0.2, 0) is 9.53 Å². The third kappa shape index (κ3) is 5.68. The number of carbonyl (C=O) groups is 3. The summed E-state index contributed by atoms with van der Waals surface area (Å²) >= 11 is 0. The molecule has 2 heterocycles. The van der Waals surface area contributed by atoms with Crippen molar-refractivity contribution in [2.24, 2.45) is 0 Å². The Hall–Kier alpha value is -4.24. The van der Waals surface area contributed by atoms with Gasteiger partial charge in [-0.1, -0.05) is 24.3 Å². The van der Waals surface area contributed by atoms with Crippen LogP contribution in [0.15, 0.2) is 72.8 Å². The van der Waals surface area contributed by atoms with E-state index in [1.165, 1.54) is 18.2 Å². The van der Waals surface area contributed by atoms with Gasteiger partial charge in [-0.25, -0.2) is 4.39 Å². The standard InChI is InChI=1S/C29H28FN3O5/c1-33-24-12-11-22(16-27(34)31-20-8-3-2-4-9-20)38-26(24)17-37-25-13-10-21(15-23(25)29(33)36)32-28(35)18-6-5-7-19(30)14-18/h2-10,13-15,22,24,26H,11-12,16-17H2,1H3,(H,31,34)(H,32,35)/t22-,24-,26-/m1/s1. The van der Waals surface area contributed by atoms with Gasteiger partial charge in [0.05, 0.1) is 24.1 Å². The summed E-state index contributed by atoms with van der Waals surface area (Å²) in [5, 5.41) is 5.59. The number of anilines is 2. The van der Waals surface area contributed by atoms with Gasteiger partial charge in [0.1, 0.15) is 24.3 Å². The highest BCUT2D eigenvalue weighted by Crippen LogP contribution is 2.32. The van der Waals surface area contributed by atoms with Crippen molar-refractivity contribution in [3.05, 3.63) is 89.7 Å². The molecule has 3 aromatic carbocycles. The average molecular weight is 518 g/mol. The molecule has 0 bridgehead atoms. The van der Waals surface area contributed by atoms with Gasteiger partial charge in [0.25, 0.3) is 11.8 Å². The molecule has 38 heavy (non-hydrogen) atoms. The van der Waals surface area contributed by atoms with Gasteiger partial charge >= 0.3 is 0 Å². The highest BCUT2D eigenvalue weighted by molar-refractivity contribution is 6.05. The number of para-hydroxylation sites is 1. The van der Waals surface area contributed by atoms with Crippen molar-refractivity contribution < 1.29 is 28.2 Å². The van der Waals surface area contributed by atoms with Crippen molar-refractivity contribution in [3.8, 4) is 5.75 Å². The molecule has 8 nitrogen and oxygen atoms in total. The second-order valence-corrected chi connectivity index (χ2v) is 9.46. The number of nitrogens with one attached hydrogen (secondary N) is 2. The van der Waals surface area contributed by atoms with E-state index in [9.17, 15) is 18.8 Å².